The van der Waals surface area contributed by atoms with Gasteiger partial charge in [0.15, 0.2) is 6.35 Å². The summed E-state index contributed by atoms with van der Waals surface area (Å²) in [7, 11) is 1.35. The minimum absolute atomic E-state index is 0.105. The van der Waals surface area contributed by atoms with E-state index in [1.54, 1.807) is 0 Å². The van der Waals surface area contributed by atoms with E-state index in [-0.39, 0.29) is 4.90 Å². The van der Waals surface area contributed by atoms with Crippen molar-refractivity contribution in [2.45, 2.75) is 17.5 Å². The van der Waals surface area contributed by atoms with Crippen LogP contribution in [-0.4, -0.2) is 25.0 Å². The Morgan fingerprint density at radius 2 is 2.00 bits per heavy atom. The summed E-state index contributed by atoms with van der Waals surface area (Å²) in [5.74, 6) is 0. The molecule has 0 radical (unpaired) electrons. The van der Waals surface area contributed by atoms with E-state index in [2.05, 4.69) is 10.6 Å². The molecule has 0 aliphatic carbocycles. The van der Waals surface area contributed by atoms with E-state index in [1.807, 2.05) is 0 Å². The van der Waals surface area contributed by atoms with Crippen LogP contribution in [0, 0.1) is 0 Å². The first-order chi connectivity index (χ1) is 7.38. The van der Waals surface area contributed by atoms with E-state index in [4.69, 9.17) is 10.7 Å². The molecule has 2 atom stereocenters. The summed E-state index contributed by atoms with van der Waals surface area (Å²) in [6.07, 6.45) is -2.23. The van der Waals surface area contributed by atoms with Crippen LogP contribution in [0.3, 0.4) is 0 Å². The Bertz CT molecular complexity index is 519. The topological polar surface area (TPSA) is 98.7 Å². The van der Waals surface area contributed by atoms with Gasteiger partial charge in [-0.15, -0.1) is 0 Å². The van der Waals surface area contributed by atoms with Gasteiger partial charge in [0, 0.05) is 21.9 Å². The summed E-state index contributed by atoms with van der Waals surface area (Å²) < 4.78 is 22.2. The zero-order valence-electron chi connectivity index (χ0n) is 7.88. The van der Waals surface area contributed by atoms with Gasteiger partial charge in [-0.05, 0) is 18.2 Å². The van der Waals surface area contributed by atoms with E-state index in [0.717, 1.165) is 0 Å². The first kappa shape index (κ1) is 11.6. The van der Waals surface area contributed by atoms with Gasteiger partial charge in [-0.3, -0.25) is 0 Å². The molecule has 6 nitrogen and oxygen atoms in total. The fourth-order valence-electron chi connectivity index (χ4n) is 1.48. The first-order valence-electron chi connectivity index (χ1n) is 4.35. The number of anilines is 1. The molecule has 1 aromatic carbocycles. The second kappa shape index (κ2) is 3.86. The molecule has 0 aromatic heterocycles. The SMILES string of the molecule is O=S(=O)(Cl)c1ccc2c(c1)C(O)NC(O)N2. The molecule has 8 heteroatoms. The first-order valence-corrected chi connectivity index (χ1v) is 6.66. The van der Waals surface area contributed by atoms with Crippen LogP contribution >= 0.6 is 10.7 Å². The highest BCUT2D eigenvalue weighted by Crippen LogP contribution is 2.29. The Morgan fingerprint density at radius 3 is 2.62 bits per heavy atom. The summed E-state index contributed by atoms with van der Waals surface area (Å²) >= 11 is 0. The quantitative estimate of drug-likeness (QED) is 0.529. The minimum Gasteiger partial charge on any atom is -0.374 e. The van der Waals surface area contributed by atoms with E-state index in [1.165, 1.54) is 18.2 Å². The number of hydrogen-bond acceptors (Lipinski definition) is 6. The van der Waals surface area contributed by atoms with Crippen molar-refractivity contribution in [2.24, 2.45) is 0 Å². The zero-order valence-corrected chi connectivity index (χ0v) is 9.46. The number of fused-ring (bicyclic) bond motifs is 1. The van der Waals surface area contributed by atoms with Crippen molar-refractivity contribution in [3.8, 4) is 0 Å². The van der Waals surface area contributed by atoms with Crippen LogP contribution in [0.15, 0.2) is 23.1 Å². The molecule has 0 spiro atoms. The van der Waals surface area contributed by atoms with Crippen LogP contribution in [0.25, 0.3) is 0 Å². The average Bonchev–Trinajstić information content (AvgIpc) is 2.15. The van der Waals surface area contributed by atoms with Crippen molar-refractivity contribution in [1.29, 1.82) is 0 Å². The van der Waals surface area contributed by atoms with E-state index in [0.29, 0.717) is 11.3 Å². The van der Waals surface area contributed by atoms with Crippen molar-refractivity contribution in [3.05, 3.63) is 23.8 Å². The van der Waals surface area contributed by atoms with E-state index in [9.17, 15) is 18.6 Å². The Morgan fingerprint density at radius 1 is 1.31 bits per heavy atom. The third kappa shape index (κ3) is 2.13. The molecule has 1 heterocycles. The minimum atomic E-state index is -3.83. The van der Waals surface area contributed by atoms with E-state index >= 15 is 0 Å². The largest absolute Gasteiger partial charge is 0.374 e. The highest BCUT2D eigenvalue weighted by molar-refractivity contribution is 8.13. The predicted octanol–water partition coefficient (Wildman–Crippen LogP) is -0.104. The lowest BCUT2D eigenvalue weighted by Crippen LogP contribution is -2.42. The molecule has 16 heavy (non-hydrogen) atoms. The third-order valence-corrected chi connectivity index (χ3v) is 3.56. The maximum atomic E-state index is 11.1. The summed E-state index contributed by atoms with van der Waals surface area (Å²) in [5.41, 5.74) is 0.759. The number of halogens is 1. The summed E-state index contributed by atoms with van der Waals surface area (Å²) in [5, 5.41) is 23.8. The van der Waals surface area contributed by atoms with Crippen molar-refractivity contribution in [2.75, 3.05) is 5.32 Å². The maximum absolute atomic E-state index is 11.1. The average molecular weight is 265 g/mol. The zero-order chi connectivity index (χ0) is 11.9. The summed E-state index contributed by atoms with van der Waals surface area (Å²) in [6.45, 7) is 0. The van der Waals surface area contributed by atoms with Crippen LogP contribution in [-0.2, 0) is 9.05 Å². The molecular weight excluding hydrogens is 256 g/mol. The molecule has 2 unspecified atom stereocenters. The molecule has 2 rings (SSSR count). The van der Waals surface area contributed by atoms with Crippen molar-refractivity contribution < 1.29 is 18.6 Å². The normalized spacial score (nSPS) is 24.7. The fraction of sp³-hybridized carbons (Fsp3) is 0.250. The van der Waals surface area contributed by atoms with Crippen molar-refractivity contribution in [3.63, 3.8) is 0 Å². The Hall–Kier alpha value is -0.860. The number of benzene rings is 1. The van der Waals surface area contributed by atoms with Gasteiger partial charge in [0.25, 0.3) is 9.05 Å². The second-order valence-electron chi connectivity index (χ2n) is 3.30. The highest BCUT2D eigenvalue weighted by atomic mass is 35.7. The maximum Gasteiger partial charge on any atom is 0.261 e. The lowest BCUT2D eigenvalue weighted by molar-refractivity contribution is 0.0487. The monoisotopic (exact) mass is 264 g/mol. The van der Waals surface area contributed by atoms with Gasteiger partial charge in [0.1, 0.15) is 6.23 Å². The molecule has 0 fully saturated rings. The van der Waals surface area contributed by atoms with Gasteiger partial charge >= 0.3 is 0 Å². The smallest absolute Gasteiger partial charge is 0.261 e. The molecule has 0 amide bonds. The summed E-state index contributed by atoms with van der Waals surface area (Å²) in [6, 6.07) is 3.96. The summed E-state index contributed by atoms with van der Waals surface area (Å²) in [4.78, 5) is -0.105. The lowest BCUT2D eigenvalue weighted by atomic mass is 10.1. The standard InChI is InChI=1S/C8H9ClN2O4S/c9-16(14,15)4-1-2-6-5(3-4)7(12)11-8(13)10-6/h1-3,7-8,10-13H. The van der Waals surface area contributed by atoms with Crippen LogP contribution in [0.5, 0.6) is 0 Å². The number of aliphatic hydroxyl groups is 2. The molecule has 88 valence electrons. The van der Waals surface area contributed by atoms with Gasteiger partial charge in [0.05, 0.1) is 4.90 Å². The third-order valence-electron chi connectivity index (χ3n) is 2.21. The van der Waals surface area contributed by atoms with Crippen molar-refractivity contribution >= 4 is 25.4 Å². The Labute approximate surface area is 96.3 Å². The van der Waals surface area contributed by atoms with E-state index < -0.39 is 21.6 Å². The predicted molar refractivity (Wildman–Crippen MR) is 57.2 cm³/mol. The molecule has 1 aromatic rings. The van der Waals surface area contributed by atoms with Crippen molar-refractivity contribution in [1.82, 2.24) is 5.32 Å². The Kier molecular flexibility index (Phi) is 2.81. The van der Waals surface area contributed by atoms with Gasteiger partial charge in [0.2, 0.25) is 0 Å². The van der Waals surface area contributed by atoms with Gasteiger partial charge in [-0.2, -0.15) is 0 Å². The van der Waals surface area contributed by atoms with Gasteiger partial charge < -0.3 is 15.5 Å². The molecule has 0 saturated heterocycles. The molecule has 1 aliphatic rings. The molecule has 4 N–H and O–H groups in total. The molecule has 0 saturated carbocycles. The number of nitrogens with one attached hydrogen (secondary N) is 2. The van der Waals surface area contributed by atoms with Crippen LogP contribution in [0.1, 0.15) is 11.8 Å². The number of aliphatic hydroxyl groups excluding tert-OH is 2. The Balaban J connectivity index is 2.51. The number of hydrogen-bond donors (Lipinski definition) is 4. The lowest BCUT2D eigenvalue weighted by Gasteiger charge is -2.28. The molecule has 0 bridgehead atoms. The van der Waals surface area contributed by atoms with Gasteiger partial charge in [-0.1, -0.05) is 0 Å². The van der Waals surface area contributed by atoms with Crippen LogP contribution in [0.4, 0.5) is 5.69 Å². The second-order valence-corrected chi connectivity index (χ2v) is 5.87. The van der Waals surface area contributed by atoms with Crippen LogP contribution < -0.4 is 10.6 Å². The number of rotatable bonds is 1. The molecular formula is C8H9ClN2O4S. The molecule has 1 aliphatic heterocycles. The highest BCUT2D eigenvalue weighted by Gasteiger charge is 2.24. The van der Waals surface area contributed by atoms with Crippen LogP contribution in [0.2, 0.25) is 0 Å². The fourth-order valence-corrected chi connectivity index (χ4v) is 2.26. The van der Waals surface area contributed by atoms with Gasteiger partial charge in [-0.25, -0.2) is 13.7 Å².